The predicted molar refractivity (Wildman–Crippen MR) is 98.4 cm³/mol. The Hall–Kier alpha value is -1.56. The van der Waals surface area contributed by atoms with E-state index >= 15 is 0 Å². The summed E-state index contributed by atoms with van der Waals surface area (Å²) in [6, 6.07) is 11.4. The molecule has 0 saturated heterocycles. The normalized spacial score (nSPS) is 13.0. The second-order valence-corrected chi connectivity index (χ2v) is 6.63. The number of hydrogen-bond acceptors (Lipinski definition) is 0. The lowest BCUT2D eigenvalue weighted by molar-refractivity contribution is 0.589. The van der Waals surface area contributed by atoms with Gasteiger partial charge >= 0.3 is 0 Å². The zero-order valence-electron chi connectivity index (χ0n) is 13.9. The summed E-state index contributed by atoms with van der Waals surface area (Å²) in [6.45, 7) is 2.28. The van der Waals surface area contributed by atoms with E-state index in [1.807, 2.05) is 0 Å². The summed E-state index contributed by atoms with van der Waals surface area (Å²) in [4.78, 5) is 0. The molecule has 22 heavy (non-hydrogen) atoms. The average Bonchev–Trinajstić information content (AvgIpc) is 2.56. The van der Waals surface area contributed by atoms with Crippen LogP contribution in [0, 0.1) is 0 Å². The molecule has 0 saturated carbocycles. The highest BCUT2D eigenvalue weighted by Crippen LogP contribution is 2.31. The first-order chi connectivity index (χ1) is 10.9. The van der Waals surface area contributed by atoms with Gasteiger partial charge in [-0.15, -0.1) is 0 Å². The van der Waals surface area contributed by atoms with Crippen LogP contribution in [-0.4, -0.2) is 0 Å². The van der Waals surface area contributed by atoms with Crippen molar-refractivity contribution in [1.29, 1.82) is 0 Å². The molecular formula is C22H28. The number of benzene rings is 2. The Balaban J connectivity index is 1.63. The van der Waals surface area contributed by atoms with Gasteiger partial charge in [-0.05, 0) is 46.7 Å². The number of rotatable bonds is 8. The molecule has 0 N–H and O–H groups in total. The zero-order valence-corrected chi connectivity index (χ0v) is 13.9. The second kappa shape index (κ2) is 7.63. The highest BCUT2D eigenvalue weighted by molar-refractivity contribution is 5.96. The van der Waals surface area contributed by atoms with E-state index in [1.165, 1.54) is 73.3 Å². The van der Waals surface area contributed by atoms with Gasteiger partial charge in [-0.3, -0.25) is 0 Å². The molecule has 0 heteroatoms. The molecule has 0 heterocycles. The molecule has 2 aromatic rings. The van der Waals surface area contributed by atoms with Gasteiger partial charge in [0.15, 0.2) is 0 Å². The molecule has 0 bridgehead atoms. The van der Waals surface area contributed by atoms with Crippen LogP contribution in [0.5, 0.6) is 0 Å². The van der Waals surface area contributed by atoms with E-state index in [0.29, 0.717) is 0 Å². The lowest BCUT2D eigenvalue weighted by atomic mass is 9.88. The van der Waals surface area contributed by atoms with Crippen LogP contribution in [0.4, 0.5) is 0 Å². The van der Waals surface area contributed by atoms with Crippen LogP contribution in [-0.2, 0) is 12.8 Å². The van der Waals surface area contributed by atoms with Gasteiger partial charge in [-0.25, -0.2) is 0 Å². The first-order valence-corrected chi connectivity index (χ1v) is 9.10. The van der Waals surface area contributed by atoms with Crippen LogP contribution in [0.1, 0.15) is 68.6 Å². The molecule has 0 radical (unpaired) electrons. The number of hydrogen-bond donors (Lipinski definition) is 0. The Morgan fingerprint density at radius 2 is 1.68 bits per heavy atom. The van der Waals surface area contributed by atoms with Crippen molar-refractivity contribution in [2.24, 2.45) is 0 Å². The van der Waals surface area contributed by atoms with Crippen molar-refractivity contribution in [1.82, 2.24) is 0 Å². The SMILES string of the molecule is CCCCCCCCCc1ccc2cccc3c2c1C=CC3. The van der Waals surface area contributed by atoms with Crippen LogP contribution in [0.15, 0.2) is 36.4 Å². The Kier molecular flexibility index (Phi) is 5.32. The monoisotopic (exact) mass is 292 g/mol. The standard InChI is InChI=1S/C22H28/c1-2-3-4-5-6-7-8-11-18-16-17-20-13-9-12-19-14-10-15-21(18)22(19)20/h9-10,12-13,15-17H,2-8,11,14H2,1H3. The number of allylic oxidation sites excluding steroid dienone is 1. The molecule has 116 valence electrons. The Morgan fingerprint density at radius 1 is 0.864 bits per heavy atom. The molecule has 0 aromatic heterocycles. The number of aryl methyl sites for hydroxylation is 1. The van der Waals surface area contributed by atoms with Crippen molar-refractivity contribution in [3.63, 3.8) is 0 Å². The fourth-order valence-electron chi connectivity index (χ4n) is 3.68. The zero-order chi connectivity index (χ0) is 15.2. The van der Waals surface area contributed by atoms with Crippen molar-refractivity contribution in [3.8, 4) is 0 Å². The second-order valence-electron chi connectivity index (χ2n) is 6.63. The molecule has 2 aromatic carbocycles. The largest absolute Gasteiger partial charge is 0.0795 e. The summed E-state index contributed by atoms with van der Waals surface area (Å²) >= 11 is 0. The first-order valence-electron chi connectivity index (χ1n) is 9.10. The molecule has 0 aliphatic heterocycles. The molecule has 0 unspecified atom stereocenters. The molecule has 0 atom stereocenters. The van der Waals surface area contributed by atoms with Crippen molar-refractivity contribution < 1.29 is 0 Å². The quantitative estimate of drug-likeness (QED) is 0.475. The fourth-order valence-corrected chi connectivity index (χ4v) is 3.68. The maximum atomic E-state index is 2.36. The molecule has 1 aliphatic carbocycles. The van der Waals surface area contributed by atoms with Gasteiger partial charge in [0, 0.05) is 0 Å². The summed E-state index contributed by atoms with van der Waals surface area (Å²) in [5, 5.41) is 2.91. The minimum atomic E-state index is 1.09. The highest BCUT2D eigenvalue weighted by atomic mass is 14.2. The molecule has 0 spiro atoms. The minimum Gasteiger partial charge on any atom is -0.0795 e. The molecule has 3 rings (SSSR count). The minimum absolute atomic E-state index is 1.09. The topological polar surface area (TPSA) is 0 Å². The van der Waals surface area contributed by atoms with Crippen molar-refractivity contribution in [2.45, 2.75) is 64.7 Å². The van der Waals surface area contributed by atoms with E-state index in [-0.39, 0.29) is 0 Å². The van der Waals surface area contributed by atoms with Gasteiger partial charge in [0.1, 0.15) is 0 Å². The Morgan fingerprint density at radius 3 is 2.55 bits per heavy atom. The van der Waals surface area contributed by atoms with Gasteiger partial charge in [0.25, 0.3) is 0 Å². The Labute approximate surface area is 135 Å². The van der Waals surface area contributed by atoms with E-state index in [2.05, 4.69) is 49.4 Å². The highest BCUT2D eigenvalue weighted by Gasteiger charge is 2.11. The van der Waals surface area contributed by atoms with Crippen molar-refractivity contribution in [2.75, 3.05) is 0 Å². The van der Waals surface area contributed by atoms with Gasteiger partial charge < -0.3 is 0 Å². The third-order valence-electron chi connectivity index (χ3n) is 4.93. The molecule has 0 fully saturated rings. The average molecular weight is 292 g/mol. The van der Waals surface area contributed by atoms with Gasteiger partial charge in [-0.2, -0.15) is 0 Å². The van der Waals surface area contributed by atoms with E-state index < -0.39 is 0 Å². The maximum Gasteiger partial charge on any atom is -0.00735 e. The fraction of sp³-hybridized carbons (Fsp3) is 0.455. The molecule has 0 nitrogen and oxygen atoms in total. The smallest absolute Gasteiger partial charge is 0.00735 e. The molecular weight excluding hydrogens is 264 g/mol. The lowest BCUT2D eigenvalue weighted by Gasteiger charge is -2.16. The summed E-state index contributed by atoms with van der Waals surface area (Å²) in [6.07, 6.45) is 16.7. The lowest BCUT2D eigenvalue weighted by Crippen LogP contribution is -1.98. The van der Waals surface area contributed by atoms with Crippen LogP contribution in [0.25, 0.3) is 16.8 Å². The van der Waals surface area contributed by atoms with Gasteiger partial charge in [0.2, 0.25) is 0 Å². The van der Waals surface area contributed by atoms with E-state index in [9.17, 15) is 0 Å². The molecule has 1 aliphatic rings. The van der Waals surface area contributed by atoms with Gasteiger partial charge in [0.05, 0.1) is 0 Å². The van der Waals surface area contributed by atoms with E-state index in [4.69, 9.17) is 0 Å². The van der Waals surface area contributed by atoms with E-state index in [0.717, 1.165) is 6.42 Å². The van der Waals surface area contributed by atoms with Crippen LogP contribution in [0.2, 0.25) is 0 Å². The predicted octanol–water partition coefficient (Wildman–Crippen LogP) is 6.70. The summed E-state index contributed by atoms with van der Waals surface area (Å²) in [5.74, 6) is 0. The molecule has 0 amide bonds. The Bertz CT molecular complexity index is 648. The van der Waals surface area contributed by atoms with E-state index in [1.54, 1.807) is 5.56 Å². The summed E-state index contributed by atoms with van der Waals surface area (Å²) in [5.41, 5.74) is 4.53. The van der Waals surface area contributed by atoms with Gasteiger partial charge in [-0.1, -0.05) is 87.9 Å². The summed E-state index contributed by atoms with van der Waals surface area (Å²) in [7, 11) is 0. The van der Waals surface area contributed by atoms with Crippen LogP contribution >= 0.6 is 0 Å². The number of unbranched alkanes of at least 4 members (excludes halogenated alkanes) is 6. The van der Waals surface area contributed by atoms with Crippen molar-refractivity contribution in [3.05, 3.63) is 53.1 Å². The third kappa shape index (κ3) is 3.43. The maximum absolute atomic E-state index is 2.36. The first kappa shape index (κ1) is 15.3. The van der Waals surface area contributed by atoms with Crippen molar-refractivity contribution >= 4 is 16.8 Å². The summed E-state index contributed by atoms with van der Waals surface area (Å²) < 4.78 is 0. The van der Waals surface area contributed by atoms with Crippen LogP contribution in [0.3, 0.4) is 0 Å². The van der Waals surface area contributed by atoms with Crippen LogP contribution < -0.4 is 0 Å². The third-order valence-corrected chi connectivity index (χ3v) is 4.93.